The lowest BCUT2D eigenvalue weighted by atomic mass is 10.2. The molecule has 8 heteroatoms. The van der Waals surface area contributed by atoms with E-state index in [9.17, 15) is 13.2 Å². The van der Waals surface area contributed by atoms with E-state index in [2.05, 4.69) is 4.98 Å². The standard InChI is InChI=1S/C28H29N3O4S/c1-3-30(27(32)24-14-16-26(35-2)17-15-24)20-25-18-29-28(31(25)19-22-10-6-4-7-11-22)36(33,34)21-23-12-8-5-9-13-23/h4-18H,3,19-21H2,1-2H3. The number of hydrogen-bond acceptors (Lipinski definition) is 5. The lowest BCUT2D eigenvalue weighted by Crippen LogP contribution is -2.31. The van der Waals surface area contributed by atoms with Crippen LogP contribution in [-0.4, -0.2) is 42.4 Å². The predicted octanol–water partition coefficient (Wildman–Crippen LogP) is 4.58. The Labute approximate surface area is 211 Å². The zero-order valence-corrected chi connectivity index (χ0v) is 21.2. The molecule has 0 aliphatic rings. The van der Waals surface area contributed by atoms with Gasteiger partial charge in [0.15, 0.2) is 0 Å². The highest BCUT2D eigenvalue weighted by Crippen LogP contribution is 2.21. The van der Waals surface area contributed by atoms with Crippen molar-refractivity contribution in [2.24, 2.45) is 0 Å². The summed E-state index contributed by atoms with van der Waals surface area (Å²) in [5.74, 6) is 0.367. The number of aromatic nitrogens is 2. The maximum atomic E-state index is 13.4. The van der Waals surface area contributed by atoms with Crippen LogP contribution in [0.15, 0.2) is 96.3 Å². The number of amides is 1. The molecule has 1 aromatic heterocycles. The molecule has 0 N–H and O–H groups in total. The molecule has 1 amide bonds. The second-order valence-electron chi connectivity index (χ2n) is 8.40. The number of sulfone groups is 1. The first kappa shape index (κ1) is 25.2. The second kappa shape index (κ2) is 11.2. The fraction of sp³-hybridized carbons (Fsp3) is 0.214. The minimum absolute atomic E-state index is 0.00171. The van der Waals surface area contributed by atoms with Crippen LogP contribution in [0.5, 0.6) is 5.75 Å². The van der Waals surface area contributed by atoms with E-state index in [0.29, 0.717) is 35.7 Å². The number of imidazole rings is 1. The van der Waals surface area contributed by atoms with Crippen LogP contribution in [-0.2, 0) is 28.7 Å². The maximum absolute atomic E-state index is 13.4. The summed E-state index contributed by atoms with van der Waals surface area (Å²) in [4.78, 5) is 19.2. The summed E-state index contributed by atoms with van der Waals surface area (Å²) < 4.78 is 33.7. The number of hydrogen-bond donors (Lipinski definition) is 0. The molecule has 0 aliphatic heterocycles. The van der Waals surface area contributed by atoms with Gasteiger partial charge in [0.05, 0.1) is 37.8 Å². The van der Waals surface area contributed by atoms with E-state index in [1.165, 1.54) is 0 Å². The fourth-order valence-corrected chi connectivity index (χ4v) is 5.49. The van der Waals surface area contributed by atoms with E-state index in [4.69, 9.17) is 4.74 Å². The van der Waals surface area contributed by atoms with Crippen molar-refractivity contribution >= 4 is 15.7 Å². The van der Waals surface area contributed by atoms with E-state index in [0.717, 1.165) is 5.56 Å². The maximum Gasteiger partial charge on any atom is 0.254 e. The largest absolute Gasteiger partial charge is 0.497 e. The van der Waals surface area contributed by atoms with E-state index in [-0.39, 0.29) is 23.4 Å². The second-order valence-corrected chi connectivity index (χ2v) is 10.3. The van der Waals surface area contributed by atoms with Crippen LogP contribution in [0.4, 0.5) is 0 Å². The summed E-state index contributed by atoms with van der Waals surface area (Å²) in [6.45, 7) is 2.90. The van der Waals surface area contributed by atoms with Crippen molar-refractivity contribution in [2.45, 2.75) is 30.9 Å². The Hall–Kier alpha value is -3.91. The third kappa shape index (κ3) is 5.83. The van der Waals surface area contributed by atoms with E-state index < -0.39 is 9.84 Å². The average molecular weight is 504 g/mol. The van der Waals surface area contributed by atoms with Gasteiger partial charge in [-0.3, -0.25) is 4.79 Å². The molecule has 0 bridgehead atoms. The molecule has 0 radical (unpaired) electrons. The number of rotatable bonds is 10. The Kier molecular flexibility index (Phi) is 7.85. The Morgan fingerprint density at radius 2 is 1.53 bits per heavy atom. The van der Waals surface area contributed by atoms with E-state index in [1.54, 1.807) is 59.2 Å². The predicted molar refractivity (Wildman–Crippen MR) is 139 cm³/mol. The number of benzene rings is 3. The van der Waals surface area contributed by atoms with Crippen molar-refractivity contribution in [1.82, 2.24) is 14.5 Å². The smallest absolute Gasteiger partial charge is 0.254 e. The first-order chi connectivity index (χ1) is 17.4. The molecule has 0 saturated carbocycles. The summed E-state index contributed by atoms with van der Waals surface area (Å²) in [6.07, 6.45) is 1.56. The van der Waals surface area contributed by atoms with Crippen LogP contribution < -0.4 is 4.74 Å². The van der Waals surface area contributed by atoms with Crippen LogP contribution in [0, 0.1) is 0 Å². The summed E-state index contributed by atoms with van der Waals surface area (Å²) in [6, 6.07) is 25.6. The third-order valence-corrected chi connectivity index (χ3v) is 7.52. The molecule has 0 atom stereocenters. The van der Waals surface area contributed by atoms with Gasteiger partial charge in [-0.1, -0.05) is 60.7 Å². The van der Waals surface area contributed by atoms with Gasteiger partial charge >= 0.3 is 0 Å². The molecule has 0 spiro atoms. The first-order valence-corrected chi connectivity index (χ1v) is 13.3. The Bertz CT molecular complexity index is 1400. The highest BCUT2D eigenvalue weighted by atomic mass is 32.2. The lowest BCUT2D eigenvalue weighted by Gasteiger charge is -2.22. The van der Waals surface area contributed by atoms with Gasteiger partial charge in [0.1, 0.15) is 5.75 Å². The molecule has 36 heavy (non-hydrogen) atoms. The summed E-state index contributed by atoms with van der Waals surface area (Å²) >= 11 is 0. The van der Waals surface area contributed by atoms with Gasteiger partial charge in [0, 0.05) is 12.1 Å². The van der Waals surface area contributed by atoms with Crippen LogP contribution in [0.1, 0.15) is 34.1 Å². The number of carbonyl (C=O) groups is 1. The van der Waals surface area contributed by atoms with Crippen molar-refractivity contribution in [3.05, 3.63) is 114 Å². The van der Waals surface area contributed by atoms with Gasteiger partial charge in [0.25, 0.3) is 5.91 Å². The van der Waals surface area contributed by atoms with Crippen molar-refractivity contribution in [3.63, 3.8) is 0 Å². The van der Waals surface area contributed by atoms with Crippen LogP contribution >= 0.6 is 0 Å². The molecular formula is C28H29N3O4S. The average Bonchev–Trinajstić information content (AvgIpc) is 3.30. The lowest BCUT2D eigenvalue weighted by molar-refractivity contribution is 0.0749. The van der Waals surface area contributed by atoms with Crippen LogP contribution in [0.25, 0.3) is 0 Å². The number of nitrogens with zero attached hydrogens (tertiary/aromatic N) is 3. The number of carbonyl (C=O) groups excluding carboxylic acids is 1. The van der Waals surface area contributed by atoms with Gasteiger partial charge in [-0.05, 0) is 42.3 Å². The van der Waals surface area contributed by atoms with E-state index >= 15 is 0 Å². The fourth-order valence-electron chi connectivity index (χ4n) is 4.00. The highest BCUT2D eigenvalue weighted by molar-refractivity contribution is 7.90. The monoisotopic (exact) mass is 503 g/mol. The van der Waals surface area contributed by atoms with Crippen molar-refractivity contribution in [2.75, 3.05) is 13.7 Å². The molecule has 1 heterocycles. The molecule has 0 saturated heterocycles. The Morgan fingerprint density at radius 3 is 2.11 bits per heavy atom. The van der Waals surface area contributed by atoms with Crippen LogP contribution in [0.2, 0.25) is 0 Å². The molecule has 4 aromatic rings. The third-order valence-electron chi connectivity index (χ3n) is 5.92. The zero-order chi connectivity index (χ0) is 25.5. The Morgan fingerprint density at radius 1 is 0.917 bits per heavy atom. The molecule has 0 unspecified atom stereocenters. The van der Waals surface area contributed by atoms with Gasteiger partial charge in [-0.2, -0.15) is 0 Å². The van der Waals surface area contributed by atoms with Gasteiger partial charge < -0.3 is 14.2 Å². The molecule has 0 fully saturated rings. The van der Waals surface area contributed by atoms with Gasteiger partial charge in [-0.25, -0.2) is 13.4 Å². The molecule has 186 valence electrons. The summed E-state index contributed by atoms with van der Waals surface area (Å²) in [7, 11) is -2.16. The minimum atomic E-state index is -3.73. The number of ether oxygens (including phenoxy) is 1. The van der Waals surface area contributed by atoms with Crippen LogP contribution in [0.3, 0.4) is 0 Å². The SMILES string of the molecule is CCN(Cc1cnc(S(=O)(=O)Cc2ccccc2)n1Cc1ccccc1)C(=O)c1ccc(OC)cc1. The summed E-state index contributed by atoms with van der Waals surface area (Å²) in [5.41, 5.74) is 2.81. The van der Waals surface area contributed by atoms with Gasteiger partial charge in [-0.15, -0.1) is 0 Å². The zero-order valence-electron chi connectivity index (χ0n) is 20.4. The van der Waals surface area contributed by atoms with E-state index in [1.807, 2.05) is 55.5 Å². The quantitative estimate of drug-likeness (QED) is 0.317. The van der Waals surface area contributed by atoms with Gasteiger partial charge in [0.2, 0.25) is 15.0 Å². The normalized spacial score (nSPS) is 11.3. The topological polar surface area (TPSA) is 81.5 Å². The highest BCUT2D eigenvalue weighted by Gasteiger charge is 2.26. The molecule has 4 rings (SSSR count). The Balaban J connectivity index is 1.67. The van der Waals surface area contributed by atoms with Crippen molar-refractivity contribution in [1.29, 1.82) is 0 Å². The van der Waals surface area contributed by atoms with Crippen molar-refractivity contribution in [3.8, 4) is 5.75 Å². The molecule has 7 nitrogen and oxygen atoms in total. The molecule has 0 aliphatic carbocycles. The summed E-state index contributed by atoms with van der Waals surface area (Å²) in [5, 5.41) is -0.00171. The van der Waals surface area contributed by atoms with Crippen molar-refractivity contribution < 1.29 is 17.9 Å². The molecular weight excluding hydrogens is 474 g/mol. The first-order valence-electron chi connectivity index (χ1n) is 11.7. The number of methoxy groups -OCH3 is 1. The minimum Gasteiger partial charge on any atom is -0.497 e. The molecule has 3 aromatic carbocycles.